The van der Waals surface area contributed by atoms with Gasteiger partial charge in [-0.05, 0) is 35.9 Å². The highest BCUT2D eigenvalue weighted by molar-refractivity contribution is 5.64. The smallest absolute Gasteiger partial charge is 0.119 e. The van der Waals surface area contributed by atoms with Crippen molar-refractivity contribution >= 4 is 0 Å². The van der Waals surface area contributed by atoms with Crippen molar-refractivity contribution in [3.05, 3.63) is 48.2 Å². The van der Waals surface area contributed by atoms with Crippen LogP contribution in [0.25, 0.3) is 11.3 Å². The van der Waals surface area contributed by atoms with Crippen molar-refractivity contribution in [3.8, 4) is 17.0 Å². The molecule has 0 saturated heterocycles. The number of aromatic nitrogens is 1. The van der Waals surface area contributed by atoms with Crippen molar-refractivity contribution in [2.75, 3.05) is 7.11 Å². The summed E-state index contributed by atoms with van der Waals surface area (Å²) in [5.74, 6) is 0.875. The Labute approximate surface area is 114 Å². The van der Waals surface area contributed by atoms with E-state index in [1.165, 1.54) is 5.56 Å². The fraction of sp³-hybridized carbons (Fsp3) is 0.312. The van der Waals surface area contributed by atoms with Gasteiger partial charge >= 0.3 is 0 Å². The second-order valence-electron chi connectivity index (χ2n) is 4.77. The molecule has 3 nitrogen and oxygen atoms in total. The van der Waals surface area contributed by atoms with Gasteiger partial charge in [0.1, 0.15) is 5.75 Å². The van der Waals surface area contributed by atoms with Crippen molar-refractivity contribution in [1.29, 1.82) is 0 Å². The highest BCUT2D eigenvalue weighted by Crippen LogP contribution is 2.25. The molecule has 0 aliphatic rings. The summed E-state index contributed by atoms with van der Waals surface area (Å²) in [7, 11) is 1.69. The van der Waals surface area contributed by atoms with Gasteiger partial charge in [-0.1, -0.05) is 19.9 Å². The lowest BCUT2D eigenvalue weighted by molar-refractivity contribution is 0.414. The maximum absolute atomic E-state index is 5.30. The van der Waals surface area contributed by atoms with Crippen LogP contribution in [-0.4, -0.2) is 18.1 Å². The molecule has 1 aromatic heterocycles. The zero-order valence-electron chi connectivity index (χ0n) is 11.7. The molecule has 0 aliphatic heterocycles. The third-order valence-electron chi connectivity index (χ3n) is 2.95. The first-order valence-corrected chi connectivity index (χ1v) is 6.52. The molecule has 3 heteroatoms. The molecular formula is C16H20N2O. The van der Waals surface area contributed by atoms with Gasteiger partial charge in [0.2, 0.25) is 0 Å². The predicted molar refractivity (Wildman–Crippen MR) is 78.2 cm³/mol. The van der Waals surface area contributed by atoms with Gasteiger partial charge < -0.3 is 10.1 Å². The van der Waals surface area contributed by atoms with E-state index >= 15 is 0 Å². The first kappa shape index (κ1) is 13.6. The van der Waals surface area contributed by atoms with Gasteiger partial charge in [0.05, 0.1) is 12.8 Å². The second-order valence-corrected chi connectivity index (χ2v) is 4.77. The molecule has 0 aliphatic carbocycles. The zero-order valence-corrected chi connectivity index (χ0v) is 11.7. The second kappa shape index (κ2) is 6.34. The topological polar surface area (TPSA) is 34.1 Å². The SMILES string of the molecule is COc1ccc(-c2ccccn2)c(CNC(C)C)c1. The maximum Gasteiger partial charge on any atom is 0.119 e. The number of pyridine rings is 1. The number of methoxy groups -OCH3 is 1. The number of rotatable bonds is 5. The molecular weight excluding hydrogens is 236 g/mol. The van der Waals surface area contributed by atoms with Gasteiger partial charge in [0.25, 0.3) is 0 Å². The van der Waals surface area contributed by atoms with E-state index in [9.17, 15) is 0 Å². The van der Waals surface area contributed by atoms with E-state index in [1.54, 1.807) is 7.11 Å². The van der Waals surface area contributed by atoms with E-state index in [-0.39, 0.29) is 0 Å². The Morgan fingerprint density at radius 3 is 2.68 bits per heavy atom. The standard InChI is InChI=1S/C16H20N2O/c1-12(2)18-11-13-10-14(19-3)7-8-15(13)16-6-4-5-9-17-16/h4-10,12,18H,11H2,1-3H3. The molecule has 0 atom stereocenters. The van der Waals surface area contributed by atoms with Crippen molar-refractivity contribution < 1.29 is 4.74 Å². The van der Waals surface area contributed by atoms with Crippen LogP contribution in [0.2, 0.25) is 0 Å². The van der Waals surface area contributed by atoms with Crippen LogP contribution in [0.15, 0.2) is 42.6 Å². The molecule has 19 heavy (non-hydrogen) atoms. The molecule has 1 aromatic carbocycles. The Hall–Kier alpha value is -1.87. The van der Waals surface area contributed by atoms with Gasteiger partial charge in [-0.2, -0.15) is 0 Å². The lowest BCUT2D eigenvalue weighted by Gasteiger charge is -2.13. The number of hydrogen-bond acceptors (Lipinski definition) is 3. The van der Waals surface area contributed by atoms with Crippen LogP contribution in [0.1, 0.15) is 19.4 Å². The first-order valence-electron chi connectivity index (χ1n) is 6.52. The van der Waals surface area contributed by atoms with Gasteiger partial charge in [0, 0.05) is 24.3 Å². The maximum atomic E-state index is 5.30. The quantitative estimate of drug-likeness (QED) is 0.891. The normalized spacial score (nSPS) is 10.7. The molecule has 1 heterocycles. The fourth-order valence-electron chi connectivity index (χ4n) is 1.93. The minimum atomic E-state index is 0.447. The van der Waals surface area contributed by atoms with Crippen molar-refractivity contribution in [1.82, 2.24) is 10.3 Å². The third kappa shape index (κ3) is 3.55. The van der Waals surface area contributed by atoms with Crippen LogP contribution in [0.3, 0.4) is 0 Å². The summed E-state index contributed by atoms with van der Waals surface area (Å²) in [6.45, 7) is 5.09. The van der Waals surface area contributed by atoms with Gasteiger partial charge in [0.15, 0.2) is 0 Å². The summed E-state index contributed by atoms with van der Waals surface area (Å²) in [6.07, 6.45) is 1.82. The lowest BCUT2D eigenvalue weighted by Crippen LogP contribution is -2.22. The number of nitrogens with zero attached hydrogens (tertiary/aromatic N) is 1. The molecule has 0 bridgehead atoms. The molecule has 0 fully saturated rings. The van der Waals surface area contributed by atoms with Crippen LogP contribution in [0.5, 0.6) is 5.75 Å². The van der Waals surface area contributed by atoms with Crippen molar-refractivity contribution in [3.63, 3.8) is 0 Å². The van der Waals surface area contributed by atoms with Gasteiger partial charge in [-0.25, -0.2) is 0 Å². The number of nitrogens with one attached hydrogen (secondary N) is 1. The van der Waals surface area contributed by atoms with E-state index in [1.807, 2.05) is 30.5 Å². The Morgan fingerprint density at radius 2 is 2.05 bits per heavy atom. The van der Waals surface area contributed by atoms with Crippen LogP contribution in [-0.2, 0) is 6.54 Å². The number of benzene rings is 1. The predicted octanol–water partition coefficient (Wildman–Crippen LogP) is 3.26. The fourth-order valence-corrected chi connectivity index (χ4v) is 1.93. The largest absolute Gasteiger partial charge is 0.497 e. The molecule has 0 spiro atoms. The first-order chi connectivity index (χ1) is 9.20. The van der Waals surface area contributed by atoms with Crippen LogP contribution in [0.4, 0.5) is 0 Å². The van der Waals surface area contributed by atoms with E-state index in [2.05, 4.69) is 36.3 Å². The average Bonchev–Trinajstić information content (AvgIpc) is 2.45. The number of ether oxygens (including phenoxy) is 1. The molecule has 0 saturated carbocycles. The summed E-state index contributed by atoms with van der Waals surface area (Å²) < 4.78 is 5.30. The minimum Gasteiger partial charge on any atom is -0.497 e. The van der Waals surface area contributed by atoms with Gasteiger partial charge in [-0.3, -0.25) is 4.98 Å². The Balaban J connectivity index is 2.36. The average molecular weight is 256 g/mol. The monoisotopic (exact) mass is 256 g/mol. The van der Waals surface area contributed by atoms with Crippen LogP contribution >= 0.6 is 0 Å². The Bertz CT molecular complexity index is 524. The Kier molecular flexibility index (Phi) is 4.53. The highest BCUT2D eigenvalue weighted by Gasteiger charge is 2.08. The molecule has 2 rings (SSSR count). The summed E-state index contributed by atoms with van der Waals surface area (Å²) >= 11 is 0. The molecule has 0 unspecified atom stereocenters. The zero-order chi connectivity index (χ0) is 13.7. The third-order valence-corrected chi connectivity index (χ3v) is 2.95. The summed E-state index contributed by atoms with van der Waals surface area (Å²) in [5.41, 5.74) is 3.34. The summed E-state index contributed by atoms with van der Waals surface area (Å²) in [5, 5.41) is 3.44. The van der Waals surface area contributed by atoms with E-state index in [0.717, 1.165) is 23.6 Å². The molecule has 100 valence electrons. The van der Waals surface area contributed by atoms with Gasteiger partial charge in [-0.15, -0.1) is 0 Å². The molecule has 0 amide bonds. The summed E-state index contributed by atoms with van der Waals surface area (Å²) in [4.78, 5) is 4.42. The van der Waals surface area contributed by atoms with Crippen molar-refractivity contribution in [2.45, 2.75) is 26.4 Å². The van der Waals surface area contributed by atoms with E-state index < -0.39 is 0 Å². The molecule has 1 N–H and O–H groups in total. The van der Waals surface area contributed by atoms with E-state index in [4.69, 9.17) is 4.74 Å². The van der Waals surface area contributed by atoms with Crippen LogP contribution in [0, 0.1) is 0 Å². The summed E-state index contributed by atoms with van der Waals surface area (Å²) in [6, 6.07) is 12.5. The van der Waals surface area contributed by atoms with E-state index in [0.29, 0.717) is 6.04 Å². The molecule has 2 aromatic rings. The van der Waals surface area contributed by atoms with Crippen molar-refractivity contribution in [2.24, 2.45) is 0 Å². The Morgan fingerprint density at radius 1 is 1.21 bits per heavy atom. The number of hydrogen-bond donors (Lipinski definition) is 1. The highest BCUT2D eigenvalue weighted by atomic mass is 16.5. The minimum absolute atomic E-state index is 0.447. The lowest BCUT2D eigenvalue weighted by atomic mass is 10.0. The molecule has 0 radical (unpaired) electrons. The van der Waals surface area contributed by atoms with Crippen LogP contribution < -0.4 is 10.1 Å².